The minimum absolute atomic E-state index is 0.0105. The molecule has 22 heavy (non-hydrogen) atoms. The molecule has 118 valence electrons. The van der Waals surface area contributed by atoms with Gasteiger partial charge in [0.15, 0.2) is 5.13 Å². The number of anilines is 1. The molecular weight excluding hydrogens is 385 g/mol. The Morgan fingerprint density at radius 3 is 2.55 bits per heavy atom. The van der Waals surface area contributed by atoms with Crippen LogP contribution in [0.4, 0.5) is 18.3 Å². The lowest BCUT2D eigenvalue weighted by molar-refractivity contribution is -0.134. The van der Waals surface area contributed by atoms with Gasteiger partial charge in [-0.3, -0.25) is 10.1 Å². The van der Waals surface area contributed by atoms with Crippen molar-refractivity contribution in [2.24, 2.45) is 0 Å². The monoisotopic (exact) mass is 394 g/mol. The first kappa shape index (κ1) is 16.8. The SMILES string of the molecule is CC(C)c1ncc(Br)c(C(=O)Nc2ncc(C(F)(F)F)s2)n1. The summed E-state index contributed by atoms with van der Waals surface area (Å²) in [6, 6.07) is 0. The molecule has 0 aliphatic heterocycles. The van der Waals surface area contributed by atoms with Gasteiger partial charge in [-0.05, 0) is 15.9 Å². The van der Waals surface area contributed by atoms with E-state index in [1.165, 1.54) is 6.20 Å². The number of carbonyl (C=O) groups is 1. The van der Waals surface area contributed by atoms with Crippen LogP contribution in [0, 0.1) is 0 Å². The number of amides is 1. The number of rotatable bonds is 3. The van der Waals surface area contributed by atoms with Crippen LogP contribution in [-0.4, -0.2) is 20.9 Å². The molecule has 0 saturated carbocycles. The van der Waals surface area contributed by atoms with Crippen LogP contribution in [0.1, 0.15) is 41.0 Å². The molecule has 2 aromatic heterocycles. The molecule has 10 heteroatoms. The first-order valence-electron chi connectivity index (χ1n) is 6.05. The van der Waals surface area contributed by atoms with Gasteiger partial charge in [0.25, 0.3) is 5.91 Å². The third kappa shape index (κ3) is 3.80. The Bertz CT molecular complexity index is 702. The van der Waals surface area contributed by atoms with E-state index in [4.69, 9.17) is 0 Å². The van der Waals surface area contributed by atoms with E-state index in [1.807, 2.05) is 13.8 Å². The quantitative estimate of drug-likeness (QED) is 0.850. The number of carbonyl (C=O) groups excluding carboxylic acids is 1. The van der Waals surface area contributed by atoms with Crippen molar-refractivity contribution in [1.82, 2.24) is 15.0 Å². The molecule has 0 radical (unpaired) electrons. The Morgan fingerprint density at radius 1 is 1.32 bits per heavy atom. The number of nitrogens with one attached hydrogen (secondary N) is 1. The number of alkyl halides is 3. The minimum Gasteiger partial charge on any atom is -0.296 e. The van der Waals surface area contributed by atoms with Crippen molar-refractivity contribution in [2.75, 3.05) is 5.32 Å². The van der Waals surface area contributed by atoms with Gasteiger partial charge in [0, 0.05) is 12.1 Å². The van der Waals surface area contributed by atoms with E-state index in [2.05, 4.69) is 36.2 Å². The highest BCUT2D eigenvalue weighted by molar-refractivity contribution is 9.10. The van der Waals surface area contributed by atoms with Gasteiger partial charge in [-0.1, -0.05) is 25.2 Å². The van der Waals surface area contributed by atoms with Gasteiger partial charge in [0.2, 0.25) is 0 Å². The third-order valence-electron chi connectivity index (χ3n) is 2.50. The second kappa shape index (κ2) is 6.29. The topological polar surface area (TPSA) is 67.8 Å². The van der Waals surface area contributed by atoms with Gasteiger partial charge in [-0.2, -0.15) is 13.2 Å². The van der Waals surface area contributed by atoms with Crippen LogP contribution in [0.25, 0.3) is 0 Å². The molecule has 0 saturated heterocycles. The van der Waals surface area contributed by atoms with E-state index in [1.54, 1.807) is 0 Å². The number of thiazole rings is 1. The van der Waals surface area contributed by atoms with E-state index < -0.39 is 17.0 Å². The second-order valence-electron chi connectivity index (χ2n) is 4.56. The van der Waals surface area contributed by atoms with E-state index in [0.717, 1.165) is 0 Å². The number of hydrogen-bond acceptors (Lipinski definition) is 5. The van der Waals surface area contributed by atoms with Crippen LogP contribution in [-0.2, 0) is 6.18 Å². The molecule has 0 bridgehead atoms. The summed E-state index contributed by atoms with van der Waals surface area (Å²) >= 11 is 3.50. The predicted molar refractivity (Wildman–Crippen MR) is 78.9 cm³/mol. The highest BCUT2D eigenvalue weighted by Crippen LogP contribution is 2.35. The summed E-state index contributed by atoms with van der Waals surface area (Å²) in [4.78, 5) is 23.0. The van der Waals surface area contributed by atoms with E-state index in [9.17, 15) is 18.0 Å². The first-order valence-corrected chi connectivity index (χ1v) is 7.66. The molecule has 0 atom stereocenters. The van der Waals surface area contributed by atoms with Crippen LogP contribution < -0.4 is 5.32 Å². The van der Waals surface area contributed by atoms with Crippen molar-refractivity contribution >= 4 is 38.3 Å². The van der Waals surface area contributed by atoms with E-state index in [0.29, 0.717) is 27.8 Å². The summed E-state index contributed by atoms with van der Waals surface area (Å²) < 4.78 is 37.8. The Hall–Kier alpha value is -1.55. The maximum atomic E-state index is 12.5. The van der Waals surface area contributed by atoms with Gasteiger partial charge in [-0.15, -0.1) is 0 Å². The maximum Gasteiger partial charge on any atom is 0.427 e. The van der Waals surface area contributed by atoms with E-state index >= 15 is 0 Å². The fourth-order valence-electron chi connectivity index (χ4n) is 1.44. The zero-order chi connectivity index (χ0) is 16.5. The zero-order valence-electron chi connectivity index (χ0n) is 11.4. The van der Waals surface area contributed by atoms with E-state index in [-0.39, 0.29) is 16.7 Å². The lowest BCUT2D eigenvalue weighted by Crippen LogP contribution is -2.16. The molecule has 0 spiro atoms. The molecule has 0 aliphatic rings. The molecule has 2 rings (SSSR count). The fraction of sp³-hybridized carbons (Fsp3) is 0.333. The van der Waals surface area contributed by atoms with Gasteiger partial charge < -0.3 is 0 Å². The molecule has 0 fully saturated rings. The summed E-state index contributed by atoms with van der Waals surface area (Å²) in [6.45, 7) is 3.72. The Balaban J connectivity index is 2.22. The standard InChI is InChI=1S/C12H10BrF3N4OS/c1-5(2)9-17-3-6(13)8(19-9)10(21)20-11-18-4-7(22-11)12(14,15)16/h3-5H,1-2H3,(H,18,20,21). The van der Waals surface area contributed by atoms with Gasteiger partial charge >= 0.3 is 6.18 Å². The fourth-order valence-corrected chi connectivity index (χ4v) is 2.49. The molecule has 2 heterocycles. The molecule has 2 aromatic rings. The van der Waals surface area contributed by atoms with Crippen LogP contribution >= 0.6 is 27.3 Å². The number of aromatic nitrogens is 3. The van der Waals surface area contributed by atoms with Crippen molar-refractivity contribution in [2.45, 2.75) is 25.9 Å². The van der Waals surface area contributed by atoms with Crippen molar-refractivity contribution in [3.63, 3.8) is 0 Å². The average molecular weight is 395 g/mol. The van der Waals surface area contributed by atoms with Crippen LogP contribution in [0.3, 0.4) is 0 Å². The Kier molecular flexibility index (Phi) is 4.81. The van der Waals surface area contributed by atoms with Crippen molar-refractivity contribution in [3.8, 4) is 0 Å². The lowest BCUT2D eigenvalue weighted by atomic mass is 10.2. The van der Waals surface area contributed by atoms with Crippen LogP contribution in [0.15, 0.2) is 16.9 Å². The minimum atomic E-state index is -4.49. The Morgan fingerprint density at radius 2 is 2.00 bits per heavy atom. The summed E-state index contributed by atoms with van der Waals surface area (Å²) in [5.41, 5.74) is 0.0439. The predicted octanol–water partition coefficient (Wildman–Crippen LogP) is 4.09. The summed E-state index contributed by atoms with van der Waals surface area (Å²) in [5, 5.41) is 2.16. The first-order chi connectivity index (χ1) is 10.2. The smallest absolute Gasteiger partial charge is 0.296 e. The van der Waals surface area contributed by atoms with Gasteiger partial charge in [0.05, 0.1) is 10.7 Å². The van der Waals surface area contributed by atoms with Crippen LogP contribution in [0.2, 0.25) is 0 Å². The normalized spacial score (nSPS) is 11.8. The van der Waals surface area contributed by atoms with Crippen LogP contribution in [0.5, 0.6) is 0 Å². The highest BCUT2D eigenvalue weighted by atomic mass is 79.9. The molecule has 5 nitrogen and oxygen atoms in total. The third-order valence-corrected chi connectivity index (χ3v) is 4.04. The summed E-state index contributed by atoms with van der Waals surface area (Å²) in [7, 11) is 0. The van der Waals surface area contributed by atoms with Crippen molar-refractivity contribution < 1.29 is 18.0 Å². The largest absolute Gasteiger partial charge is 0.427 e. The number of nitrogens with zero attached hydrogens (tertiary/aromatic N) is 3. The molecule has 1 amide bonds. The highest BCUT2D eigenvalue weighted by Gasteiger charge is 2.33. The summed E-state index contributed by atoms with van der Waals surface area (Å²) in [5.74, 6) is -0.181. The van der Waals surface area contributed by atoms with Gasteiger partial charge in [0.1, 0.15) is 16.4 Å². The average Bonchev–Trinajstić information content (AvgIpc) is 2.87. The molecule has 1 N–H and O–H groups in total. The molecule has 0 unspecified atom stereocenters. The maximum absolute atomic E-state index is 12.5. The molecular formula is C12H10BrF3N4OS. The lowest BCUT2D eigenvalue weighted by Gasteiger charge is -2.07. The second-order valence-corrected chi connectivity index (χ2v) is 6.45. The number of halogens is 4. The molecule has 0 aromatic carbocycles. The van der Waals surface area contributed by atoms with Gasteiger partial charge in [-0.25, -0.2) is 15.0 Å². The summed E-state index contributed by atoms with van der Waals surface area (Å²) in [6.07, 6.45) is -2.38. The Labute approximate surface area is 136 Å². The van der Waals surface area contributed by atoms with Crippen molar-refractivity contribution in [3.05, 3.63) is 33.3 Å². The molecule has 0 aliphatic carbocycles. The number of hydrogen-bond donors (Lipinski definition) is 1. The van der Waals surface area contributed by atoms with Crippen molar-refractivity contribution in [1.29, 1.82) is 0 Å². The zero-order valence-corrected chi connectivity index (χ0v) is 13.8.